The van der Waals surface area contributed by atoms with E-state index in [2.05, 4.69) is 10.4 Å². The van der Waals surface area contributed by atoms with E-state index < -0.39 is 12.0 Å². The van der Waals surface area contributed by atoms with Crippen LogP contribution in [0.25, 0.3) is 5.69 Å². The van der Waals surface area contributed by atoms with Gasteiger partial charge in [0.25, 0.3) is 0 Å². The van der Waals surface area contributed by atoms with Gasteiger partial charge in [0.1, 0.15) is 0 Å². The van der Waals surface area contributed by atoms with E-state index in [-0.39, 0.29) is 16.4 Å². The summed E-state index contributed by atoms with van der Waals surface area (Å²) in [7, 11) is 1.35. The van der Waals surface area contributed by atoms with Gasteiger partial charge >= 0.3 is 6.18 Å². The third-order valence-electron chi connectivity index (χ3n) is 2.62. The van der Waals surface area contributed by atoms with Crippen molar-refractivity contribution in [3.8, 4) is 5.69 Å². The highest BCUT2D eigenvalue weighted by atomic mass is 32.1. The van der Waals surface area contributed by atoms with E-state index in [0.29, 0.717) is 5.69 Å². The van der Waals surface area contributed by atoms with Crippen LogP contribution < -0.4 is 5.32 Å². The molecule has 112 valence electrons. The zero-order chi connectivity index (χ0) is 15.8. The maximum atomic E-state index is 13.0. The summed E-state index contributed by atoms with van der Waals surface area (Å²) < 4.78 is 40.7. The number of alkyl halides is 3. The van der Waals surface area contributed by atoms with Gasteiger partial charge in [-0.05, 0) is 36.5 Å². The molecule has 0 saturated carbocycles. The molecule has 1 N–H and O–H groups in total. The molecular weight excluding hydrogens is 305 g/mol. The Bertz CT molecular complexity index is 730. The maximum absolute atomic E-state index is 13.0. The Morgan fingerprint density at radius 1 is 1.29 bits per heavy atom. The van der Waals surface area contributed by atoms with E-state index >= 15 is 0 Å². The van der Waals surface area contributed by atoms with Crippen LogP contribution in [-0.2, 0) is 18.0 Å². The third-order valence-corrected chi connectivity index (χ3v) is 3.07. The number of aromatic nitrogens is 3. The molecule has 0 unspecified atom stereocenters. The molecule has 0 radical (unpaired) electrons. The fourth-order valence-electron chi connectivity index (χ4n) is 1.78. The molecule has 21 heavy (non-hydrogen) atoms. The zero-order valence-electron chi connectivity index (χ0n) is 11.1. The maximum Gasteiger partial charge on any atom is 0.452 e. The summed E-state index contributed by atoms with van der Waals surface area (Å²) in [6.07, 6.45) is -4.62. The summed E-state index contributed by atoms with van der Waals surface area (Å²) in [5.74, 6) is -1.36. The van der Waals surface area contributed by atoms with Crippen molar-refractivity contribution < 1.29 is 18.0 Å². The summed E-state index contributed by atoms with van der Waals surface area (Å²) in [4.78, 5) is 10.9. The highest BCUT2D eigenvalue weighted by molar-refractivity contribution is 7.71. The standard InChI is InChI=1S/C12H11F3N4OS/c1-7(20)16-8-3-5-9(6-4-8)19-10(12(13,14)15)17-18(2)11(19)21/h3-6H,1-2H3,(H,16,20). The number of rotatable bonds is 2. The fraction of sp³-hybridized carbons (Fsp3) is 0.250. The molecule has 0 bridgehead atoms. The number of hydrogen-bond donors (Lipinski definition) is 1. The minimum atomic E-state index is -4.62. The van der Waals surface area contributed by atoms with Gasteiger partial charge in [0.05, 0.1) is 5.69 Å². The van der Waals surface area contributed by atoms with Crippen molar-refractivity contribution in [1.82, 2.24) is 14.3 Å². The third kappa shape index (κ3) is 3.13. The minimum Gasteiger partial charge on any atom is -0.326 e. The lowest BCUT2D eigenvalue weighted by molar-refractivity contribution is -0.146. The Labute approximate surface area is 123 Å². The van der Waals surface area contributed by atoms with Crippen molar-refractivity contribution in [2.75, 3.05) is 5.32 Å². The first-order valence-corrected chi connectivity index (χ1v) is 6.22. The van der Waals surface area contributed by atoms with Gasteiger partial charge in [-0.3, -0.25) is 9.36 Å². The lowest BCUT2D eigenvalue weighted by Gasteiger charge is -2.10. The van der Waals surface area contributed by atoms with Crippen molar-refractivity contribution in [3.63, 3.8) is 0 Å². The summed E-state index contributed by atoms with van der Waals surface area (Å²) in [5, 5.41) is 5.94. The molecule has 0 aliphatic rings. The van der Waals surface area contributed by atoms with E-state index in [1.807, 2.05) is 0 Å². The molecule has 1 aromatic carbocycles. The molecule has 2 rings (SSSR count). The number of hydrogen-bond acceptors (Lipinski definition) is 3. The molecule has 5 nitrogen and oxygen atoms in total. The van der Waals surface area contributed by atoms with Gasteiger partial charge in [-0.15, -0.1) is 5.10 Å². The molecule has 0 spiro atoms. The Hall–Kier alpha value is -2.16. The molecule has 1 aromatic heterocycles. The first kappa shape index (κ1) is 15.2. The Morgan fingerprint density at radius 3 is 2.33 bits per heavy atom. The SMILES string of the molecule is CC(=O)Nc1ccc(-n2c(C(F)(F)F)nn(C)c2=S)cc1. The van der Waals surface area contributed by atoms with Crippen LogP contribution in [0.1, 0.15) is 12.7 Å². The number of benzene rings is 1. The summed E-state index contributed by atoms with van der Waals surface area (Å²) in [6.45, 7) is 1.34. The van der Waals surface area contributed by atoms with Crippen LogP contribution in [0, 0.1) is 4.77 Å². The van der Waals surface area contributed by atoms with Crippen LogP contribution >= 0.6 is 12.2 Å². The van der Waals surface area contributed by atoms with Gasteiger partial charge in [-0.25, -0.2) is 4.68 Å². The predicted octanol–water partition coefficient (Wildman–Crippen LogP) is 2.92. The summed E-state index contributed by atoms with van der Waals surface area (Å²) >= 11 is 4.96. The number of aryl methyl sites for hydroxylation is 1. The van der Waals surface area contributed by atoms with Gasteiger partial charge in [0, 0.05) is 19.7 Å². The molecule has 1 heterocycles. The molecule has 0 fully saturated rings. The lowest BCUT2D eigenvalue weighted by atomic mass is 10.2. The van der Waals surface area contributed by atoms with E-state index in [4.69, 9.17) is 12.2 Å². The summed E-state index contributed by atoms with van der Waals surface area (Å²) in [6, 6.07) is 5.84. The first-order chi connectivity index (χ1) is 9.70. The zero-order valence-corrected chi connectivity index (χ0v) is 11.9. The highest BCUT2D eigenvalue weighted by Gasteiger charge is 2.38. The van der Waals surface area contributed by atoms with Crippen molar-refractivity contribution in [2.45, 2.75) is 13.1 Å². The first-order valence-electron chi connectivity index (χ1n) is 5.81. The number of nitrogens with one attached hydrogen (secondary N) is 1. The van der Waals surface area contributed by atoms with Crippen LogP contribution in [0.3, 0.4) is 0 Å². The average molecular weight is 316 g/mol. The van der Waals surface area contributed by atoms with Crippen molar-refractivity contribution in [1.29, 1.82) is 0 Å². The minimum absolute atomic E-state index is 0.0744. The molecule has 0 atom stereocenters. The van der Waals surface area contributed by atoms with Crippen LogP contribution in [0.4, 0.5) is 18.9 Å². The largest absolute Gasteiger partial charge is 0.452 e. The highest BCUT2D eigenvalue weighted by Crippen LogP contribution is 2.30. The van der Waals surface area contributed by atoms with Crippen LogP contribution in [0.2, 0.25) is 0 Å². The number of anilines is 1. The average Bonchev–Trinajstić information content (AvgIpc) is 2.66. The van der Waals surface area contributed by atoms with Crippen LogP contribution in [-0.4, -0.2) is 20.3 Å². The number of amides is 1. The van der Waals surface area contributed by atoms with Crippen molar-refractivity contribution >= 4 is 23.8 Å². The quantitative estimate of drug-likeness (QED) is 0.867. The molecule has 0 aliphatic carbocycles. The molecular formula is C12H11F3N4OS. The topological polar surface area (TPSA) is 51.9 Å². The van der Waals surface area contributed by atoms with Crippen LogP contribution in [0.15, 0.2) is 24.3 Å². The number of halogens is 3. The second kappa shape index (κ2) is 5.32. The monoisotopic (exact) mass is 316 g/mol. The van der Waals surface area contributed by atoms with Gasteiger partial charge in [0.15, 0.2) is 0 Å². The lowest BCUT2D eigenvalue weighted by Crippen LogP contribution is -2.14. The number of nitrogens with zero attached hydrogens (tertiary/aromatic N) is 3. The Kier molecular flexibility index (Phi) is 3.86. The second-order valence-corrected chi connectivity index (χ2v) is 4.66. The Morgan fingerprint density at radius 2 is 1.86 bits per heavy atom. The molecule has 9 heteroatoms. The van der Waals surface area contributed by atoms with Gasteiger partial charge < -0.3 is 5.32 Å². The molecule has 0 saturated heterocycles. The molecule has 1 amide bonds. The number of carbonyl (C=O) groups excluding carboxylic acids is 1. The van der Waals surface area contributed by atoms with E-state index in [1.165, 1.54) is 38.2 Å². The normalized spacial score (nSPS) is 11.5. The summed E-state index contributed by atoms with van der Waals surface area (Å²) in [5.41, 5.74) is 0.699. The smallest absolute Gasteiger partial charge is 0.326 e. The van der Waals surface area contributed by atoms with E-state index in [9.17, 15) is 18.0 Å². The fourth-order valence-corrected chi connectivity index (χ4v) is 2.01. The van der Waals surface area contributed by atoms with Crippen molar-refractivity contribution in [3.05, 3.63) is 34.9 Å². The second-order valence-electron chi connectivity index (χ2n) is 4.29. The van der Waals surface area contributed by atoms with E-state index in [0.717, 1.165) is 9.25 Å². The molecule has 0 aliphatic heterocycles. The van der Waals surface area contributed by atoms with Crippen LogP contribution in [0.5, 0.6) is 0 Å². The molecule has 2 aromatic rings. The number of carbonyl (C=O) groups is 1. The van der Waals surface area contributed by atoms with Crippen molar-refractivity contribution in [2.24, 2.45) is 7.05 Å². The van der Waals surface area contributed by atoms with Gasteiger partial charge in [0.2, 0.25) is 16.5 Å². The predicted molar refractivity (Wildman–Crippen MR) is 72.7 cm³/mol. The Balaban J connectivity index is 2.52. The van der Waals surface area contributed by atoms with Gasteiger partial charge in [-0.1, -0.05) is 0 Å². The van der Waals surface area contributed by atoms with E-state index in [1.54, 1.807) is 0 Å². The van der Waals surface area contributed by atoms with Gasteiger partial charge in [-0.2, -0.15) is 13.2 Å².